The van der Waals surface area contributed by atoms with E-state index in [1.807, 2.05) is 46.8 Å². The van der Waals surface area contributed by atoms with E-state index in [1.54, 1.807) is 38.4 Å². The van der Waals surface area contributed by atoms with Gasteiger partial charge in [-0.05, 0) is 89.4 Å². The van der Waals surface area contributed by atoms with Crippen molar-refractivity contribution in [1.29, 1.82) is 0 Å². The van der Waals surface area contributed by atoms with Gasteiger partial charge < -0.3 is 19.5 Å². The fourth-order valence-electron chi connectivity index (χ4n) is 2.82. The fraction of sp³-hybridized carbons (Fsp3) is 0.409. The highest BCUT2D eigenvalue weighted by atomic mass is 31.2. The first-order valence-corrected chi connectivity index (χ1v) is 11.2. The lowest BCUT2D eigenvalue weighted by atomic mass is 10.1. The molecule has 0 fully saturated rings. The normalized spacial score (nSPS) is 12.7. The number of hydrogen-bond donors (Lipinski definition) is 2. The molecule has 29 heavy (non-hydrogen) atoms. The molecule has 0 radical (unpaired) electrons. The fourth-order valence-corrected chi connectivity index (χ4v) is 4.88. The van der Waals surface area contributed by atoms with Crippen molar-refractivity contribution in [2.75, 3.05) is 5.32 Å². The van der Waals surface area contributed by atoms with Crippen molar-refractivity contribution >= 4 is 18.6 Å². The molecular formula is C22H31N2O4P. The first-order chi connectivity index (χ1) is 13.5. The SMILES string of the molecule is Cc1ccc(N/C=C(\c2cc(C)c(O)c(C)c2)P(=O)(OC(C)C)OC(C)C)cn1. The van der Waals surface area contributed by atoms with E-state index in [0.29, 0.717) is 22.0 Å². The number of phenolic OH excluding ortho intramolecular Hbond substituents is 1. The molecule has 0 bridgehead atoms. The lowest BCUT2D eigenvalue weighted by Crippen LogP contribution is -2.10. The highest BCUT2D eigenvalue weighted by Gasteiger charge is 2.34. The summed E-state index contributed by atoms with van der Waals surface area (Å²) in [4.78, 5) is 4.27. The highest BCUT2D eigenvalue weighted by molar-refractivity contribution is 7.65. The maximum atomic E-state index is 13.9. The van der Waals surface area contributed by atoms with Crippen molar-refractivity contribution in [3.8, 4) is 5.75 Å². The van der Waals surface area contributed by atoms with Crippen LogP contribution in [0.2, 0.25) is 0 Å². The van der Waals surface area contributed by atoms with E-state index < -0.39 is 7.60 Å². The van der Waals surface area contributed by atoms with Crippen molar-refractivity contribution in [2.24, 2.45) is 0 Å². The first kappa shape index (κ1) is 23.1. The molecule has 158 valence electrons. The Morgan fingerprint density at radius 2 is 1.62 bits per heavy atom. The monoisotopic (exact) mass is 418 g/mol. The van der Waals surface area contributed by atoms with Gasteiger partial charge in [-0.3, -0.25) is 9.55 Å². The van der Waals surface area contributed by atoms with Crippen LogP contribution in [0.3, 0.4) is 0 Å². The van der Waals surface area contributed by atoms with Crippen LogP contribution in [0, 0.1) is 20.8 Å². The molecule has 0 atom stereocenters. The van der Waals surface area contributed by atoms with Gasteiger partial charge in [0.1, 0.15) is 5.75 Å². The molecule has 0 saturated heterocycles. The molecule has 6 nitrogen and oxygen atoms in total. The van der Waals surface area contributed by atoms with E-state index in [9.17, 15) is 9.67 Å². The van der Waals surface area contributed by atoms with Crippen molar-refractivity contribution in [1.82, 2.24) is 4.98 Å². The number of hydrogen-bond acceptors (Lipinski definition) is 6. The molecule has 2 N–H and O–H groups in total. The predicted octanol–water partition coefficient (Wildman–Crippen LogP) is 6.17. The summed E-state index contributed by atoms with van der Waals surface area (Å²) in [6.45, 7) is 12.8. The maximum Gasteiger partial charge on any atom is 0.363 e. The lowest BCUT2D eigenvalue weighted by Gasteiger charge is -2.26. The summed E-state index contributed by atoms with van der Waals surface area (Å²) in [6.07, 6.45) is 2.74. The third kappa shape index (κ3) is 6.17. The molecule has 0 aliphatic rings. The number of rotatable bonds is 8. The number of benzene rings is 1. The van der Waals surface area contributed by atoms with Crippen LogP contribution in [0.15, 0.2) is 36.7 Å². The van der Waals surface area contributed by atoms with E-state index >= 15 is 0 Å². The summed E-state index contributed by atoms with van der Waals surface area (Å²) in [7, 11) is -3.67. The van der Waals surface area contributed by atoms with Crippen molar-refractivity contribution in [3.63, 3.8) is 0 Å². The standard InChI is InChI=1S/C22H31N2O4P/c1-14(2)27-29(26,28-15(3)4)21(13-24-20-9-8-18(7)23-12-20)19-10-16(5)22(25)17(6)11-19/h8-15,24-25H,1-7H3/b21-13+. The van der Waals surface area contributed by atoms with E-state index in [2.05, 4.69) is 10.3 Å². The Labute approximate surface area is 173 Å². The summed E-state index contributed by atoms with van der Waals surface area (Å²) >= 11 is 0. The van der Waals surface area contributed by atoms with Gasteiger partial charge in [-0.25, -0.2) is 0 Å². The predicted molar refractivity (Wildman–Crippen MR) is 118 cm³/mol. The molecule has 0 saturated carbocycles. The van der Waals surface area contributed by atoms with Gasteiger partial charge in [-0.2, -0.15) is 0 Å². The van der Waals surface area contributed by atoms with Crippen molar-refractivity contribution in [2.45, 2.75) is 60.7 Å². The van der Waals surface area contributed by atoms with Crippen molar-refractivity contribution in [3.05, 3.63) is 59.0 Å². The van der Waals surface area contributed by atoms with Crippen LogP contribution in [-0.2, 0) is 13.6 Å². The van der Waals surface area contributed by atoms with Gasteiger partial charge >= 0.3 is 7.60 Å². The lowest BCUT2D eigenvalue weighted by molar-refractivity contribution is 0.151. The summed E-state index contributed by atoms with van der Waals surface area (Å²) in [6, 6.07) is 7.34. The van der Waals surface area contributed by atoms with Gasteiger partial charge in [-0.15, -0.1) is 0 Å². The van der Waals surface area contributed by atoms with Crippen LogP contribution in [-0.4, -0.2) is 22.3 Å². The van der Waals surface area contributed by atoms with Gasteiger partial charge in [0.15, 0.2) is 0 Å². The molecule has 0 spiro atoms. The van der Waals surface area contributed by atoms with E-state index in [0.717, 1.165) is 11.4 Å². The second-order valence-electron chi connectivity index (χ2n) is 7.63. The largest absolute Gasteiger partial charge is 0.507 e. The molecule has 1 heterocycles. The Balaban J connectivity index is 2.61. The minimum Gasteiger partial charge on any atom is -0.507 e. The number of anilines is 1. The second kappa shape index (κ2) is 9.57. The zero-order valence-electron chi connectivity index (χ0n) is 18.2. The Morgan fingerprint density at radius 3 is 2.07 bits per heavy atom. The van der Waals surface area contributed by atoms with Gasteiger partial charge in [-0.1, -0.05) is 0 Å². The summed E-state index contributed by atoms with van der Waals surface area (Å²) in [5.41, 5.74) is 3.68. The van der Waals surface area contributed by atoms with Crippen LogP contribution >= 0.6 is 7.60 Å². The number of aromatic hydroxyl groups is 1. The van der Waals surface area contributed by atoms with Crippen LogP contribution in [0.5, 0.6) is 5.75 Å². The number of phenols is 1. The minimum absolute atomic E-state index is 0.216. The van der Waals surface area contributed by atoms with Crippen LogP contribution in [0.1, 0.15) is 50.1 Å². The number of pyridine rings is 1. The summed E-state index contributed by atoms with van der Waals surface area (Å²) in [5.74, 6) is 0.216. The summed E-state index contributed by atoms with van der Waals surface area (Å²) < 4.78 is 25.5. The smallest absolute Gasteiger partial charge is 0.363 e. The van der Waals surface area contributed by atoms with E-state index in [1.165, 1.54) is 0 Å². The van der Waals surface area contributed by atoms with Gasteiger partial charge in [0.2, 0.25) is 0 Å². The van der Waals surface area contributed by atoms with E-state index in [-0.39, 0.29) is 18.0 Å². The molecular weight excluding hydrogens is 387 g/mol. The van der Waals surface area contributed by atoms with Crippen LogP contribution < -0.4 is 5.32 Å². The maximum absolute atomic E-state index is 13.9. The molecule has 0 unspecified atom stereocenters. The minimum atomic E-state index is -3.67. The molecule has 2 rings (SSSR count). The van der Waals surface area contributed by atoms with Crippen molar-refractivity contribution < 1.29 is 18.7 Å². The molecule has 1 aromatic heterocycles. The molecule has 0 amide bonds. The quantitative estimate of drug-likeness (QED) is 0.499. The highest BCUT2D eigenvalue weighted by Crippen LogP contribution is 2.62. The topological polar surface area (TPSA) is 80.7 Å². The van der Waals surface area contributed by atoms with Crippen LogP contribution in [0.4, 0.5) is 5.69 Å². The average Bonchev–Trinajstić information content (AvgIpc) is 2.59. The third-order valence-corrected chi connectivity index (χ3v) is 6.44. The number of aromatic nitrogens is 1. The molecule has 0 aliphatic carbocycles. The Morgan fingerprint density at radius 1 is 1.07 bits per heavy atom. The number of aryl methyl sites for hydroxylation is 3. The Bertz CT molecular complexity index is 884. The average molecular weight is 418 g/mol. The summed E-state index contributed by atoms with van der Waals surface area (Å²) in [5, 5.41) is 13.7. The zero-order chi connectivity index (χ0) is 21.8. The second-order valence-corrected chi connectivity index (χ2v) is 9.52. The molecule has 2 aromatic rings. The Hall–Kier alpha value is -2.14. The van der Waals surface area contributed by atoms with E-state index in [4.69, 9.17) is 9.05 Å². The molecule has 7 heteroatoms. The number of nitrogens with zero attached hydrogens (tertiary/aromatic N) is 1. The molecule has 1 aromatic carbocycles. The zero-order valence-corrected chi connectivity index (χ0v) is 19.1. The van der Waals surface area contributed by atoms with Crippen LogP contribution in [0.25, 0.3) is 5.31 Å². The Kier molecular flexibility index (Phi) is 7.64. The molecule has 0 aliphatic heterocycles. The van der Waals surface area contributed by atoms with Gasteiger partial charge in [0.05, 0.1) is 29.4 Å². The van der Waals surface area contributed by atoms with Gasteiger partial charge in [0.25, 0.3) is 0 Å². The first-order valence-electron chi connectivity index (χ1n) is 9.69. The number of nitrogens with one attached hydrogen (secondary N) is 1. The third-order valence-electron chi connectivity index (χ3n) is 4.07. The van der Waals surface area contributed by atoms with Gasteiger partial charge in [0, 0.05) is 11.9 Å².